The lowest BCUT2D eigenvalue weighted by molar-refractivity contribution is -0.0500. The first-order valence-electron chi connectivity index (χ1n) is 6.72. The van der Waals surface area contributed by atoms with Crippen molar-refractivity contribution < 1.29 is 30.6 Å². The molecule has 10 heteroatoms. The van der Waals surface area contributed by atoms with Gasteiger partial charge in [-0.1, -0.05) is 0 Å². The van der Waals surface area contributed by atoms with Gasteiger partial charge in [0.1, 0.15) is 5.75 Å². The Morgan fingerprint density at radius 3 is 2.22 bits per heavy atom. The SMILES string of the molecule is CN1CC2(CC2)N(c2ccc(OS(=O)(=O)C(F)(F)F)cc2)C1=O. The predicted molar refractivity (Wildman–Crippen MR) is 74.5 cm³/mol. The Morgan fingerprint density at radius 2 is 1.74 bits per heavy atom. The Labute approximate surface area is 130 Å². The van der Waals surface area contributed by atoms with Crippen LogP contribution >= 0.6 is 0 Å². The van der Waals surface area contributed by atoms with Crippen LogP contribution in [0, 0.1) is 0 Å². The molecule has 1 aliphatic carbocycles. The number of likely N-dealkylation sites (N-methyl/N-ethyl adjacent to an activating group) is 1. The molecule has 23 heavy (non-hydrogen) atoms. The summed E-state index contributed by atoms with van der Waals surface area (Å²) in [6.07, 6.45) is 1.70. The Bertz CT molecular complexity index is 741. The number of hydrogen-bond acceptors (Lipinski definition) is 4. The van der Waals surface area contributed by atoms with Crippen LogP contribution in [0.1, 0.15) is 12.8 Å². The van der Waals surface area contributed by atoms with Crippen LogP contribution in [-0.2, 0) is 10.1 Å². The highest BCUT2D eigenvalue weighted by atomic mass is 32.2. The lowest BCUT2D eigenvalue weighted by Crippen LogP contribution is -2.35. The molecule has 0 aromatic heterocycles. The van der Waals surface area contributed by atoms with Crippen LogP contribution in [0.4, 0.5) is 23.7 Å². The largest absolute Gasteiger partial charge is 0.534 e. The summed E-state index contributed by atoms with van der Waals surface area (Å²) < 4.78 is 62.8. The monoisotopic (exact) mass is 350 g/mol. The molecule has 1 aromatic rings. The smallest absolute Gasteiger partial charge is 0.376 e. The van der Waals surface area contributed by atoms with Crippen LogP contribution in [0.2, 0.25) is 0 Å². The second-order valence-electron chi connectivity index (χ2n) is 5.68. The van der Waals surface area contributed by atoms with E-state index in [-0.39, 0.29) is 11.6 Å². The van der Waals surface area contributed by atoms with Crippen molar-refractivity contribution in [3.05, 3.63) is 24.3 Å². The van der Waals surface area contributed by atoms with Gasteiger partial charge in [0.25, 0.3) is 0 Å². The highest BCUT2D eigenvalue weighted by Gasteiger charge is 2.57. The Hall–Kier alpha value is -1.97. The van der Waals surface area contributed by atoms with Gasteiger partial charge >= 0.3 is 21.7 Å². The fraction of sp³-hybridized carbons (Fsp3) is 0.462. The zero-order valence-corrected chi connectivity index (χ0v) is 12.8. The van der Waals surface area contributed by atoms with Crippen molar-refractivity contribution in [1.82, 2.24) is 4.90 Å². The second-order valence-corrected chi connectivity index (χ2v) is 7.21. The molecule has 2 fully saturated rings. The third-order valence-electron chi connectivity index (χ3n) is 3.94. The van der Waals surface area contributed by atoms with Crippen LogP contribution in [-0.4, -0.2) is 44.0 Å². The number of carbonyl (C=O) groups excluding carboxylic acids is 1. The van der Waals surface area contributed by atoms with Crippen molar-refractivity contribution in [3.8, 4) is 5.75 Å². The van der Waals surface area contributed by atoms with Crippen LogP contribution in [0.25, 0.3) is 0 Å². The van der Waals surface area contributed by atoms with Crippen molar-refractivity contribution in [2.75, 3.05) is 18.5 Å². The van der Waals surface area contributed by atoms with Gasteiger partial charge in [-0.3, -0.25) is 4.90 Å². The van der Waals surface area contributed by atoms with E-state index in [9.17, 15) is 26.4 Å². The third-order valence-corrected chi connectivity index (χ3v) is 4.91. The molecule has 1 saturated carbocycles. The van der Waals surface area contributed by atoms with Gasteiger partial charge in [0.2, 0.25) is 0 Å². The van der Waals surface area contributed by atoms with E-state index in [0.29, 0.717) is 12.2 Å². The molecule has 3 rings (SSSR count). The number of halogens is 3. The lowest BCUT2D eigenvalue weighted by Gasteiger charge is -2.22. The fourth-order valence-corrected chi connectivity index (χ4v) is 3.15. The minimum atomic E-state index is -5.70. The quantitative estimate of drug-likeness (QED) is 0.620. The normalized spacial score (nSPS) is 20.3. The van der Waals surface area contributed by atoms with Crippen molar-refractivity contribution in [1.29, 1.82) is 0 Å². The van der Waals surface area contributed by atoms with E-state index >= 15 is 0 Å². The van der Waals surface area contributed by atoms with Crippen LogP contribution in [0.3, 0.4) is 0 Å². The summed E-state index contributed by atoms with van der Waals surface area (Å²) in [5, 5.41) is 0. The maximum Gasteiger partial charge on any atom is 0.534 e. The molecule has 0 radical (unpaired) electrons. The summed E-state index contributed by atoms with van der Waals surface area (Å²) in [5.74, 6) is -0.462. The fourth-order valence-electron chi connectivity index (χ4n) is 2.69. The van der Waals surface area contributed by atoms with Gasteiger partial charge < -0.3 is 9.08 Å². The maximum atomic E-state index is 12.3. The van der Waals surface area contributed by atoms with Crippen molar-refractivity contribution >= 4 is 21.8 Å². The Balaban J connectivity index is 1.82. The van der Waals surface area contributed by atoms with E-state index in [0.717, 1.165) is 25.0 Å². The number of benzene rings is 1. The molecule has 1 spiro atoms. The molecular weight excluding hydrogens is 337 g/mol. The van der Waals surface area contributed by atoms with Crippen molar-refractivity contribution in [2.24, 2.45) is 0 Å². The van der Waals surface area contributed by atoms with Crippen LogP contribution < -0.4 is 9.08 Å². The summed E-state index contributed by atoms with van der Waals surface area (Å²) in [4.78, 5) is 15.3. The lowest BCUT2D eigenvalue weighted by atomic mass is 10.2. The maximum absolute atomic E-state index is 12.3. The molecule has 1 heterocycles. The average Bonchev–Trinajstić information content (AvgIpc) is 3.14. The van der Waals surface area contributed by atoms with Gasteiger partial charge in [0.05, 0.1) is 5.54 Å². The molecule has 6 nitrogen and oxygen atoms in total. The molecule has 0 unspecified atom stereocenters. The number of carbonyl (C=O) groups is 1. The third kappa shape index (κ3) is 2.60. The van der Waals surface area contributed by atoms with Crippen LogP contribution in [0.5, 0.6) is 5.75 Å². The molecule has 0 bridgehead atoms. The number of urea groups is 1. The second kappa shape index (κ2) is 4.76. The average molecular weight is 350 g/mol. The minimum absolute atomic E-state index is 0.195. The zero-order chi connectivity index (χ0) is 17.0. The van der Waals surface area contributed by atoms with Gasteiger partial charge in [-0.2, -0.15) is 21.6 Å². The number of amides is 2. The summed E-state index contributed by atoms with van der Waals surface area (Å²) in [6, 6.07) is 4.75. The summed E-state index contributed by atoms with van der Waals surface area (Å²) in [6.45, 7) is 0.590. The van der Waals surface area contributed by atoms with Gasteiger partial charge in [-0.15, -0.1) is 0 Å². The van der Waals surface area contributed by atoms with E-state index in [4.69, 9.17) is 0 Å². The van der Waals surface area contributed by atoms with E-state index < -0.39 is 21.4 Å². The molecule has 126 valence electrons. The summed E-state index contributed by atoms with van der Waals surface area (Å²) in [7, 11) is -4.03. The number of hydrogen-bond donors (Lipinski definition) is 0. The molecule has 2 amide bonds. The molecule has 2 aliphatic rings. The van der Waals surface area contributed by atoms with E-state index in [1.165, 1.54) is 12.1 Å². The van der Waals surface area contributed by atoms with E-state index in [2.05, 4.69) is 4.18 Å². The highest BCUT2D eigenvalue weighted by molar-refractivity contribution is 7.88. The van der Waals surface area contributed by atoms with E-state index in [1.54, 1.807) is 16.8 Å². The standard InChI is InChI=1S/C13H13F3N2O4S/c1-17-8-12(6-7-12)18(11(17)19)9-2-4-10(5-3-9)22-23(20,21)13(14,15)16/h2-5H,6-8H2,1H3. The number of anilines is 1. The van der Waals surface area contributed by atoms with Crippen molar-refractivity contribution in [2.45, 2.75) is 23.9 Å². The molecule has 1 aromatic carbocycles. The molecule has 0 N–H and O–H groups in total. The number of alkyl halides is 3. The van der Waals surface area contributed by atoms with Gasteiger partial charge in [-0.25, -0.2) is 4.79 Å². The first-order chi connectivity index (χ1) is 10.6. The Kier molecular flexibility index (Phi) is 3.29. The molecule has 0 atom stereocenters. The first kappa shape index (κ1) is 15.9. The molecule has 1 saturated heterocycles. The summed E-state index contributed by atoms with van der Waals surface area (Å²) in [5.41, 5.74) is -5.25. The van der Waals surface area contributed by atoms with Crippen LogP contribution in [0.15, 0.2) is 24.3 Å². The first-order valence-corrected chi connectivity index (χ1v) is 8.13. The zero-order valence-electron chi connectivity index (χ0n) is 12.0. The number of rotatable bonds is 3. The van der Waals surface area contributed by atoms with Gasteiger partial charge in [0.15, 0.2) is 0 Å². The van der Waals surface area contributed by atoms with Crippen molar-refractivity contribution in [3.63, 3.8) is 0 Å². The Morgan fingerprint density at radius 1 is 1.17 bits per heavy atom. The van der Waals surface area contributed by atoms with Gasteiger partial charge in [-0.05, 0) is 37.1 Å². The predicted octanol–water partition coefficient (Wildman–Crippen LogP) is 2.32. The molecular formula is C13H13F3N2O4S. The molecule has 1 aliphatic heterocycles. The highest BCUT2D eigenvalue weighted by Crippen LogP contribution is 2.48. The minimum Gasteiger partial charge on any atom is -0.376 e. The van der Waals surface area contributed by atoms with Gasteiger partial charge in [0, 0.05) is 19.3 Å². The summed E-state index contributed by atoms with van der Waals surface area (Å²) >= 11 is 0. The van der Waals surface area contributed by atoms with E-state index in [1.807, 2.05) is 0 Å². The topological polar surface area (TPSA) is 66.9 Å². The number of nitrogens with zero attached hydrogens (tertiary/aromatic N) is 2.